The van der Waals surface area contributed by atoms with Crippen LogP contribution >= 0.6 is 0 Å². The Bertz CT molecular complexity index is 1250. The summed E-state index contributed by atoms with van der Waals surface area (Å²) in [5.74, 6) is -0.960. The first-order valence-electron chi connectivity index (χ1n) is 10.3. The van der Waals surface area contributed by atoms with Gasteiger partial charge in [-0.3, -0.25) is 14.5 Å². The Morgan fingerprint density at radius 2 is 1.75 bits per heavy atom. The van der Waals surface area contributed by atoms with E-state index < -0.39 is 17.7 Å². The Morgan fingerprint density at radius 1 is 1.00 bits per heavy atom. The predicted octanol–water partition coefficient (Wildman–Crippen LogP) is 5.15. The molecule has 0 spiro atoms. The third-order valence-corrected chi connectivity index (χ3v) is 5.90. The number of aliphatic hydroxyl groups excluding tert-OH is 1. The van der Waals surface area contributed by atoms with E-state index in [-0.39, 0.29) is 11.3 Å². The first kappa shape index (κ1) is 21.4. The fourth-order valence-electron chi connectivity index (χ4n) is 4.24. The Balaban J connectivity index is 1.99. The van der Waals surface area contributed by atoms with E-state index in [2.05, 4.69) is 0 Å². The molecule has 2 aromatic carbocycles. The van der Waals surface area contributed by atoms with E-state index in [0.717, 1.165) is 22.3 Å². The van der Waals surface area contributed by atoms with Gasteiger partial charge in [-0.05, 0) is 80.3 Å². The third-order valence-electron chi connectivity index (χ3n) is 5.90. The van der Waals surface area contributed by atoms with E-state index in [9.17, 15) is 14.7 Å². The maximum absolute atomic E-state index is 13.2. The highest BCUT2D eigenvalue weighted by molar-refractivity contribution is 6.51. The zero-order valence-corrected chi connectivity index (χ0v) is 18.7. The van der Waals surface area contributed by atoms with Crippen LogP contribution < -0.4 is 9.64 Å². The van der Waals surface area contributed by atoms with E-state index in [4.69, 9.17) is 9.15 Å². The molecular formula is C26H25NO5. The minimum absolute atomic E-state index is 0.0357. The Kier molecular flexibility index (Phi) is 5.38. The number of anilines is 1. The largest absolute Gasteiger partial charge is 0.507 e. The van der Waals surface area contributed by atoms with Crippen molar-refractivity contribution in [2.24, 2.45) is 0 Å². The van der Waals surface area contributed by atoms with Gasteiger partial charge >= 0.3 is 0 Å². The summed E-state index contributed by atoms with van der Waals surface area (Å²) >= 11 is 0. The molecule has 6 nitrogen and oxygen atoms in total. The van der Waals surface area contributed by atoms with Crippen molar-refractivity contribution in [1.29, 1.82) is 0 Å². The molecular weight excluding hydrogens is 406 g/mol. The molecule has 1 atom stereocenters. The maximum atomic E-state index is 13.2. The van der Waals surface area contributed by atoms with E-state index >= 15 is 0 Å². The molecule has 6 heteroatoms. The number of aryl methyl sites for hydroxylation is 4. The van der Waals surface area contributed by atoms with Gasteiger partial charge in [-0.15, -0.1) is 0 Å². The van der Waals surface area contributed by atoms with E-state index in [1.54, 1.807) is 24.3 Å². The predicted molar refractivity (Wildman–Crippen MR) is 122 cm³/mol. The molecule has 32 heavy (non-hydrogen) atoms. The fraction of sp³-hybridized carbons (Fsp3) is 0.231. The van der Waals surface area contributed by atoms with Crippen LogP contribution in [0.15, 0.2) is 58.7 Å². The lowest BCUT2D eigenvalue weighted by Crippen LogP contribution is -2.29. The highest BCUT2D eigenvalue weighted by Crippen LogP contribution is 2.44. The quantitative estimate of drug-likeness (QED) is 0.351. The van der Waals surface area contributed by atoms with Crippen molar-refractivity contribution < 1.29 is 23.8 Å². The molecule has 3 aromatic rings. The number of hydrogen-bond donors (Lipinski definition) is 1. The van der Waals surface area contributed by atoms with Crippen LogP contribution in [0.25, 0.3) is 5.76 Å². The third kappa shape index (κ3) is 3.38. The van der Waals surface area contributed by atoms with Gasteiger partial charge in [-0.1, -0.05) is 12.1 Å². The molecule has 1 unspecified atom stereocenters. The molecule has 2 heterocycles. The van der Waals surface area contributed by atoms with Gasteiger partial charge in [0.2, 0.25) is 0 Å². The topological polar surface area (TPSA) is 80.0 Å². The Labute approximate surface area is 186 Å². The number of ether oxygens (including phenoxy) is 1. The van der Waals surface area contributed by atoms with E-state index in [1.165, 1.54) is 18.3 Å². The minimum Gasteiger partial charge on any atom is -0.507 e. The summed E-state index contributed by atoms with van der Waals surface area (Å²) in [6, 6.07) is 11.7. The van der Waals surface area contributed by atoms with Crippen molar-refractivity contribution in [2.75, 3.05) is 12.0 Å². The molecule has 0 bridgehead atoms. The average Bonchev–Trinajstić information content (AvgIpc) is 3.36. The number of hydrogen-bond acceptors (Lipinski definition) is 5. The summed E-state index contributed by atoms with van der Waals surface area (Å²) in [6.45, 7) is 7.67. The van der Waals surface area contributed by atoms with Crippen LogP contribution in [0.1, 0.15) is 39.6 Å². The van der Waals surface area contributed by atoms with E-state index in [0.29, 0.717) is 22.8 Å². The number of furan rings is 1. The number of amides is 1. The van der Waals surface area contributed by atoms with Crippen LogP contribution in [-0.2, 0) is 9.59 Å². The van der Waals surface area contributed by atoms with Crippen LogP contribution in [0.3, 0.4) is 0 Å². The number of carbonyl (C=O) groups is 2. The number of ketones is 1. The molecule has 1 aromatic heterocycles. The maximum Gasteiger partial charge on any atom is 0.300 e. The minimum atomic E-state index is -0.905. The van der Waals surface area contributed by atoms with Crippen LogP contribution in [0, 0.1) is 27.7 Å². The number of benzene rings is 2. The summed E-state index contributed by atoms with van der Waals surface area (Å²) in [6.07, 6.45) is 1.48. The summed E-state index contributed by atoms with van der Waals surface area (Å²) in [5.41, 5.74) is 4.64. The highest BCUT2D eigenvalue weighted by atomic mass is 16.5. The van der Waals surface area contributed by atoms with Crippen LogP contribution in [0.4, 0.5) is 5.69 Å². The first-order chi connectivity index (χ1) is 15.2. The molecule has 0 aliphatic carbocycles. The lowest BCUT2D eigenvalue weighted by atomic mass is 9.96. The summed E-state index contributed by atoms with van der Waals surface area (Å²) in [7, 11) is 1.51. The lowest BCUT2D eigenvalue weighted by molar-refractivity contribution is -0.132. The van der Waals surface area contributed by atoms with Gasteiger partial charge in [0.15, 0.2) is 0 Å². The SMILES string of the molecule is COc1c(C)cc(C)cc1/C(O)=C1/C(=O)C(=O)N(c2ccc(C)c(C)c2)C1c1ccco1. The molecule has 1 saturated heterocycles. The Hall–Kier alpha value is -3.80. The summed E-state index contributed by atoms with van der Waals surface area (Å²) < 4.78 is 11.1. The number of Topliss-reactive ketones (excluding diaryl/α,β-unsaturated/α-hetero) is 1. The van der Waals surface area contributed by atoms with Crippen LogP contribution in [0.2, 0.25) is 0 Å². The zero-order chi connectivity index (χ0) is 23.2. The molecule has 4 rings (SSSR count). The molecule has 0 radical (unpaired) electrons. The molecule has 1 aliphatic heterocycles. The number of nitrogens with zero attached hydrogens (tertiary/aromatic N) is 1. The van der Waals surface area contributed by atoms with Gasteiger partial charge in [0.1, 0.15) is 23.3 Å². The van der Waals surface area contributed by atoms with Crippen molar-refractivity contribution in [2.45, 2.75) is 33.7 Å². The van der Waals surface area contributed by atoms with Gasteiger partial charge in [0.25, 0.3) is 11.7 Å². The van der Waals surface area contributed by atoms with Gasteiger partial charge in [0.05, 0.1) is 24.5 Å². The molecule has 1 N–H and O–H groups in total. The first-order valence-corrected chi connectivity index (χ1v) is 10.3. The van der Waals surface area contributed by atoms with Crippen molar-refractivity contribution in [3.05, 3.63) is 87.9 Å². The fourth-order valence-corrected chi connectivity index (χ4v) is 4.24. The number of aliphatic hydroxyl groups is 1. The van der Waals surface area contributed by atoms with Gasteiger partial charge in [-0.25, -0.2) is 0 Å². The van der Waals surface area contributed by atoms with Crippen molar-refractivity contribution in [3.63, 3.8) is 0 Å². The van der Waals surface area contributed by atoms with Gasteiger partial charge < -0.3 is 14.3 Å². The summed E-state index contributed by atoms with van der Waals surface area (Å²) in [5, 5.41) is 11.4. The van der Waals surface area contributed by atoms with Gasteiger partial charge in [-0.2, -0.15) is 0 Å². The smallest absolute Gasteiger partial charge is 0.300 e. The van der Waals surface area contributed by atoms with Crippen LogP contribution in [0.5, 0.6) is 5.75 Å². The normalized spacial score (nSPS) is 17.8. The highest BCUT2D eigenvalue weighted by Gasteiger charge is 2.48. The van der Waals surface area contributed by atoms with Crippen molar-refractivity contribution >= 4 is 23.1 Å². The van der Waals surface area contributed by atoms with Crippen molar-refractivity contribution in [1.82, 2.24) is 0 Å². The Morgan fingerprint density at radius 3 is 2.38 bits per heavy atom. The number of rotatable bonds is 4. The molecule has 1 amide bonds. The number of methoxy groups -OCH3 is 1. The standard InChI is InChI=1S/C26H25NO5/c1-14-11-17(4)25(31-5)19(12-14)23(28)21-22(20-7-6-10-32-20)27(26(30)24(21)29)18-9-8-15(2)16(3)13-18/h6-13,22,28H,1-5H3/b23-21-. The lowest BCUT2D eigenvalue weighted by Gasteiger charge is -2.24. The molecule has 0 saturated carbocycles. The monoisotopic (exact) mass is 431 g/mol. The van der Waals surface area contributed by atoms with Gasteiger partial charge in [0, 0.05) is 5.69 Å². The molecule has 1 fully saturated rings. The molecule has 1 aliphatic rings. The number of carbonyl (C=O) groups excluding carboxylic acids is 2. The molecule has 164 valence electrons. The second-order valence-electron chi connectivity index (χ2n) is 8.12. The second-order valence-corrected chi connectivity index (χ2v) is 8.12. The average molecular weight is 431 g/mol. The van der Waals surface area contributed by atoms with E-state index in [1.807, 2.05) is 45.9 Å². The van der Waals surface area contributed by atoms with Crippen LogP contribution in [-0.4, -0.2) is 23.9 Å². The zero-order valence-electron chi connectivity index (χ0n) is 18.7. The second kappa shape index (κ2) is 8.04. The van der Waals surface area contributed by atoms with Crippen molar-refractivity contribution in [3.8, 4) is 5.75 Å². The summed E-state index contributed by atoms with van der Waals surface area (Å²) in [4.78, 5) is 27.8.